The van der Waals surface area contributed by atoms with Crippen LogP contribution in [0.15, 0.2) is 47.4 Å². The summed E-state index contributed by atoms with van der Waals surface area (Å²) in [4.78, 5) is 20.3. The number of likely N-dealkylation sites (N-methyl/N-ethyl adjacent to an activating group) is 1. The van der Waals surface area contributed by atoms with Crippen LogP contribution in [0.25, 0.3) is 10.2 Å². The third kappa shape index (κ3) is 5.72. The minimum absolute atomic E-state index is 0. The third-order valence-corrected chi connectivity index (χ3v) is 6.79. The molecule has 0 aliphatic heterocycles. The van der Waals surface area contributed by atoms with E-state index >= 15 is 0 Å². The lowest BCUT2D eigenvalue weighted by molar-refractivity contribution is -0.116. The summed E-state index contributed by atoms with van der Waals surface area (Å²) in [5, 5.41) is 0.298. The van der Waals surface area contributed by atoms with Crippen molar-refractivity contribution in [3.63, 3.8) is 0 Å². The highest BCUT2D eigenvalue weighted by Gasteiger charge is 2.26. The number of nitrogens with zero attached hydrogens (tertiary/aromatic N) is 3. The molecule has 1 heterocycles. The molecule has 0 saturated carbocycles. The average Bonchev–Trinajstić information content (AvgIpc) is 3.04. The summed E-state index contributed by atoms with van der Waals surface area (Å²) in [5.41, 5.74) is 0.524. The predicted octanol–water partition coefficient (Wildman–Crippen LogP) is 3.36. The molecule has 6 nitrogen and oxygen atoms in total. The Labute approximate surface area is 183 Å². The molecule has 162 valence electrons. The van der Waals surface area contributed by atoms with Crippen LogP contribution < -0.4 is 4.90 Å². The fraction of sp³-hybridized carbons (Fsp3) is 0.263. The van der Waals surface area contributed by atoms with Gasteiger partial charge in [0.05, 0.1) is 15.1 Å². The van der Waals surface area contributed by atoms with Gasteiger partial charge in [-0.1, -0.05) is 11.3 Å². The van der Waals surface area contributed by atoms with Crippen molar-refractivity contribution >= 4 is 54.8 Å². The number of sulfone groups is 1. The van der Waals surface area contributed by atoms with Crippen molar-refractivity contribution in [2.75, 3.05) is 37.8 Å². The Morgan fingerprint density at radius 1 is 1.03 bits per heavy atom. The van der Waals surface area contributed by atoms with Crippen LogP contribution in [-0.4, -0.2) is 57.1 Å². The molecule has 30 heavy (non-hydrogen) atoms. The summed E-state index contributed by atoms with van der Waals surface area (Å²) >= 11 is 1.11. The van der Waals surface area contributed by atoms with E-state index in [1.54, 1.807) is 0 Å². The van der Waals surface area contributed by atoms with Crippen LogP contribution in [0.1, 0.15) is 0 Å². The van der Waals surface area contributed by atoms with Gasteiger partial charge in [-0.3, -0.25) is 9.69 Å². The zero-order valence-corrected chi connectivity index (χ0v) is 18.7. The Kier molecular flexibility index (Phi) is 7.87. The lowest BCUT2D eigenvalue weighted by atomic mass is 10.3. The van der Waals surface area contributed by atoms with E-state index in [1.807, 2.05) is 19.0 Å². The first kappa shape index (κ1) is 24.1. The van der Waals surface area contributed by atoms with Gasteiger partial charge in [0.2, 0.25) is 5.91 Å². The number of anilines is 1. The number of halogens is 3. The van der Waals surface area contributed by atoms with Crippen LogP contribution in [0.4, 0.5) is 13.9 Å². The molecule has 2 aromatic carbocycles. The lowest BCUT2D eigenvalue weighted by Crippen LogP contribution is -2.40. The molecule has 0 aliphatic rings. The van der Waals surface area contributed by atoms with Crippen molar-refractivity contribution in [2.45, 2.75) is 4.90 Å². The maximum absolute atomic E-state index is 13.5. The molecule has 0 bridgehead atoms. The summed E-state index contributed by atoms with van der Waals surface area (Å²) in [6, 6.07) is 8.42. The van der Waals surface area contributed by atoms with Crippen LogP contribution >= 0.6 is 23.7 Å². The number of rotatable bonds is 7. The quantitative estimate of drug-likeness (QED) is 0.490. The largest absolute Gasteiger partial charge is 0.308 e. The van der Waals surface area contributed by atoms with Crippen LogP contribution in [0.5, 0.6) is 0 Å². The summed E-state index contributed by atoms with van der Waals surface area (Å²) in [5.74, 6) is -2.42. The summed E-state index contributed by atoms with van der Waals surface area (Å²) < 4.78 is 52.3. The molecule has 3 aromatic rings. The molecule has 11 heteroatoms. The Hall–Kier alpha value is -2.14. The van der Waals surface area contributed by atoms with Crippen molar-refractivity contribution in [1.29, 1.82) is 0 Å². The molecule has 0 unspecified atom stereocenters. The van der Waals surface area contributed by atoms with Gasteiger partial charge in [-0.05, 0) is 56.6 Å². The maximum atomic E-state index is 13.5. The normalized spacial score (nSPS) is 11.5. The molecule has 0 saturated heterocycles. The molecule has 1 amide bonds. The second-order valence-corrected chi connectivity index (χ2v) is 9.67. The number of amides is 1. The topological polar surface area (TPSA) is 70.6 Å². The summed E-state index contributed by atoms with van der Waals surface area (Å²) in [6.45, 7) is 0.694. The highest BCUT2D eigenvalue weighted by atomic mass is 35.5. The van der Waals surface area contributed by atoms with Crippen LogP contribution in [-0.2, 0) is 14.6 Å². The Balaban J connectivity index is 0.00000320. The van der Waals surface area contributed by atoms with E-state index in [2.05, 4.69) is 4.98 Å². The number of aromatic nitrogens is 1. The fourth-order valence-corrected chi connectivity index (χ4v) is 4.83. The highest BCUT2D eigenvalue weighted by molar-refractivity contribution is 7.92. The highest BCUT2D eigenvalue weighted by Crippen LogP contribution is 2.29. The van der Waals surface area contributed by atoms with Crippen molar-refractivity contribution in [3.05, 3.63) is 54.1 Å². The number of thiazole rings is 1. The number of hydrogen-bond acceptors (Lipinski definition) is 6. The Morgan fingerprint density at radius 3 is 2.30 bits per heavy atom. The van der Waals surface area contributed by atoms with Gasteiger partial charge >= 0.3 is 0 Å². The smallest absolute Gasteiger partial charge is 0.244 e. The zero-order chi connectivity index (χ0) is 21.2. The van der Waals surface area contributed by atoms with Crippen LogP contribution in [0.2, 0.25) is 0 Å². The van der Waals surface area contributed by atoms with E-state index in [-0.39, 0.29) is 23.8 Å². The minimum atomic E-state index is -3.96. The van der Waals surface area contributed by atoms with Gasteiger partial charge in [0.1, 0.15) is 17.4 Å². The first-order valence-corrected chi connectivity index (χ1v) is 11.1. The first-order valence-electron chi connectivity index (χ1n) is 8.65. The van der Waals surface area contributed by atoms with Gasteiger partial charge in [-0.15, -0.1) is 12.4 Å². The predicted molar refractivity (Wildman–Crippen MR) is 116 cm³/mol. The lowest BCUT2D eigenvalue weighted by Gasteiger charge is -2.22. The van der Waals surface area contributed by atoms with Gasteiger partial charge in [0.15, 0.2) is 15.0 Å². The third-order valence-electron chi connectivity index (χ3n) is 4.13. The number of fused-ring (bicyclic) bond motifs is 1. The number of carbonyl (C=O) groups excluding carboxylic acids is 1. The van der Waals surface area contributed by atoms with E-state index in [0.29, 0.717) is 21.9 Å². The minimum Gasteiger partial charge on any atom is -0.308 e. The van der Waals surface area contributed by atoms with Crippen molar-refractivity contribution in [1.82, 2.24) is 9.88 Å². The molecular weight excluding hydrogens is 456 g/mol. The van der Waals surface area contributed by atoms with Crippen molar-refractivity contribution in [2.24, 2.45) is 0 Å². The molecule has 0 spiro atoms. The average molecular weight is 476 g/mol. The van der Waals surface area contributed by atoms with E-state index in [4.69, 9.17) is 0 Å². The first-order chi connectivity index (χ1) is 13.7. The van der Waals surface area contributed by atoms with Crippen LogP contribution in [0.3, 0.4) is 0 Å². The molecule has 1 aromatic heterocycles. The van der Waals surface area contributed by atoms with Gasteiger partial charge in [-0.25, -0.2) is 22.2 Å². The van der Waals surface area contributed by atoms with Crippen LogP contribution in [0, 0.1) is 11.6 Å². The van der Waals surface area contributed by atoms with Gasteiger partial charge in [0, 0.05) is 13.1 Å². The van der Waals surface area contributed by atoms with Gasteiger partial charge < -0.3 is 4.90 Å². The summed E-state index contributed by atoms with van der Waals surface area (Å²) in [6.07, 6.45) is 0. The summed E-state index contributed by atoms with van der Waals surface area (Å²) in [7, 11) is -0.309. The molecule has 0 atom stereocenters. The van der Waals surface area contributed by atoms with Gasteiger partial charge in [0.25, 0.3) is 0 Å². The van der Waals surface area contributed by atoms with E-state index in [9.17, 15) is 22.0 Å². The number of carbonyl (C=O) groups is 1. The zero-order valence-electron chi connectivity index (χ0n) is 16.2. The fourth-order valence-electron chi connectivity index (χ4n) is 2.59. The standard InChI is InChI=1S/C19H19F2N3O3S2.ClH/c1-23(2)9-10-24(19-22-16-8-5-14(21)11-17(16)28-19)18(25)12-29(26,27)15-6-3-13(20)4-7-15;/h3-8,11H,9-10,12H2,1-2H3;1H. The van der Waals surface area contributed by atoms with E-state index in [1.165, 1.54) is 23.1 Å². The molecule has 0 aliphatic carbocycles. The number of benzene rings is 2. The van der Waals surface area contributed by atoms with E-state index < -0.39 is 33.1 Å². The molecular formula is C19H20ClF2N3O3S2. The molecule has 3 rings (SSSR count). The molecule has 0 fully saturated rings. The Morgan fingerprint density at radius 2 is 1.67 bits per heavy atom. The van der Waals surface area contributed by atoms with Crippen molar-refractivity contribution < 1.29 is 22.0 Å². The van der Waals surface area contributed by atoms with Gasteiger partial charge in [-0.2, -0.15) is 0 Å². The Bertz CT molecular complexity index is 1140. The molecule has 0 radical (unpaired) electrons. The second kappa shape index (κ2) is 9.78. The molecule has 0 N–H and O–H groups in total. The van der Waals surface area contributed by atoms with E-state index in [0.717, 1.165) is 35.6 Å². The number of hydrogen-bond donors (Lipinski definition) is 0. The van der Waals surface area contributed by atoms with Crippen molar-refractivity contribution in [3.8, 4) is 0 Å². The monoisotopic (exact) mass is 475 g/mol. The SMILES string of the molecule is CN(C)CCN(C(=O)CS(=O)(=O)c1ccc(F)cc1)c1nc2ccc(F)cc2s1.Cl. The maximum Gasteiger partial charge on any atom is 0.244 e. The second-order valence-electron chi connectivity index (χ2n) is 6.67.